The van der Waals surface area contributed by atoms with Gasteiger partial charge in [-0.25, -0.2) is 4.79 Å². The number of phenolic OH excluding ortho intramolecular Hbond substituents is 1. The second-order valence-electron chi connectivity index (χ2n) is 3.51. The normalized spacial score (nSPS) is 10.6. The largest absolute Gasteiger partial charge is 0.508 e. The Kier molecular flexibility index (Phi) is 2.56. The van der Waals surface area contributed by atoms with Gasteiger partial charge in [0.2, 0.25) is 0 Å². The van der Waals surface area contributed by atoms with Crippen molar-refractivity contribution in [3.05, 3.63) is 30.0 Å². The van der Waals surface area contributed by atoms with E-state index in [1.807, 2.05) is 11.5 Å². The van der Waals surface area contributed by atoms with Crippen LogP contribution in [0.15, 0.2) is 24.3 Å². The lowest BCUT2D eigenvalue weighted by molar-refractivity contribution is 0.0589. The summed E-state index contributed by atoms with van der Waals surface area (Å²) >= 11 is 0. The molecule has 16 heavy (non-hydrogen) atoms. The fraction of sp³-hybridized carbons (Fsp3) is 0.250. The molecule has 0 radical (unpaired) electrons. The second kappa shape index (κ2) is 3.89. The number of hydrogen-bond donors (Lipinski definition) is 1. The minimum Gasteiger partial charge on any atom is -0.508 e. The lowest BCUT2D eigenvalue weighted by Crippen LogP contribution is -2.09. The highest BCUT2D eigenvalue weighted by Crippen LogP contribution is 2.24. The number of benzene rings is 1. The molecule has 84 valence electrons. The van der Waals surface area contributed by atoms with E-state index in [2.05, 4.69) is 0 Å². The zero-order chi connectivity index (χ0) is 11.7. The molecule has 2 aromatic rings. The lowest BCUT2D eigenvalue weighted by atomic mass is 10.2. The number of aromatic nitrogens is 1. The summed E-state index contributed by atoms with van der Waals surface area (Å²) in [7, 11) is 1.36. The van der Waals surface area contributed by atoms with E-state index < -0.39 is 0 Å². The molecule has 0 atom stereocenters. The number of hydrogen-bond acceptors (Lipinski definition) is 3. The van der Waals surface area contributed by atoms with E-state index in [1.54, 1.807) is 24.3 Å². The highest BCUT2D eigenvalue weighted by molar-refractivity contribution is 5.96. The Hall–Kier alpha value is -1.97. The quantitative estimate of drug-likeness (QED) is 0.787. The molecule has 0 spiro atoms. The Morgan fingerprint density at radius 2 is 2.19 bits per heavy atom. The molecule has 0 aliphatic heterocycles. The number of carbonyl (C=O) groups excluding carboxylic acids is 1. The third-order valence-corrected chi connectivity index (χ3v) is 2.60. The van der Waals surface area contributed by atoms with Gasteiger partial charge in [-0.2, -0.15) is 0 Å². The van der Waals surface area contributed by atoms with Gasteiger partial charge in [-0.1, -0.05) is 0 Å². The molecule has 0 fully saturated rings. The number of phenols is 1. The van der Waals surface area contributed by atoms with Gasteiger partial charge in [-0.3, -0.25) is 0 Å². The van der Waals surface area contributed by atoms with Crippen molar-refractivity contribution >= 4 is 16.9 Å². The van der Waals surface area contributed by atoms with Crippen molar-refractivity contribution in [2.24, 2.45) is 0 Å². The molecule has 0 amide bonds. The van der Waals surface area contributed by atoms with E-state index in [0.29, 0.717) is 12.2 Å². The summed E-state index contributed by atoms with van der Waals surface area (Å²) in [6.07, 6.45) is 0. The summed E-state index contributed by atoms with van der Waals surface area (Å²) in [5, 5.41) is 10.3. The summed E-state index contributed by atoms with van der Waals surface area (Å²) < 4.78 is 6.54. The van der Waals surface area contributed by atoms with Crippen LogP contribution >= 0.6 is 0 Å². The molecule has 1 N–H and O–H groups in total. The predicted octanol–water partition coefficient (Wildman–Crippen LogP) is 2.15. The van der Waals surface area contributed by atoms with Crippen LogP contribution in [-0.2, 0) is 11.3 Å². The minimum atomic E-state index is -0.363. The zero-order valence-corrected chi connectivity index (χ0v) is 9.23. The van der Waals surface area contributed by atoms with Crippen molar-refractivity contribution < 1.29 is 14.6 Å². The molecule has 4 heteroatoms. The Morgan fingerprint density at radius 3 is 2.81 bits per heavy atom. The SMILES string of the molecule is CCn1c(C(=O)OC)cc2ccc(O)cc21. The van der Waals surface area contributed by atoms with Gasteiger partial charge in [-0.05, 0) is 25.1 Å². The van der Waals surface area contributed by atoms with E-state index in [1.165, 1.54) is 7.11 Å². The van der Waals surface area contributed by atoms with Gasteiger partial charge in [0.15, 0.2) is 0 Å². The van der Waals surface area contributed by atoms with Crippen molar-refractivity contribution in [2.45, 2.75) is 13.5 Å². The highest BCUT2D eigenvalue weighted by Gasteiger charge is 2.14. The fourth-order valence-corrected chi connectivity index (χ4v) is 1.86. The summed E-state index contributed by atoms with van der Waals surface area (Å²) in [4.78, 5) is 11.5. The lowest BCUT2D eigenvalue weighted by Gasteiger charge is -2.05. The molecular weight excluding hydrogens is 206 g/mol. The van der Waals surface area contributed by atoms with E-state index in [9.17, 15) is 9.90 Å². The average molecular weight is 219 g/mol. The van der Waals surface area contributed by atoms with E-state index in [0.717, 1.165) is 10.9 Å². The average Bonchev–Trinajstić information content (AvgIpc) is 2.65. The molecule has 1 aromatic carbocycles. The number of rotatable bonds is 2. The van der Waals surface area contributed by atoms with Crippen LogP contribution in [0.4, 0.5) is 0 Å². The number of esters is 1. The molecule has 0 saturated carbocycles. The van der Waals surface area contributed by atoms with E-state index in [4.69, 9.17) is 4.74 Å². The summed E-state index contributed by atoms with van der Waals surface area (Å²) in [6, 6.07) is 6.79. The van der Waals surface area contributed by atoms with Crippen molar-refractivity contribution in [3.8, 4) is 5.75 Å². The van der Waals surface area contributed by atoms with Crippen molar-refractivity contribution in [1.82, 2.24) is 4.57 Å². The summed E-state index contributed by atoms with van der Waals surface area (Å²) in [6.45, 7) is 2.59. The van der Waals surface area contributed by atoms with Gasteiger partial charge in [0.25, 0.3) is 0 Å². The predicted molar refractivity (Wildman–Crippen MR) is 60.6 cm³/mol. The first-order valence-corrected chi connectivity index (χ1v) is 5.08. The smallest absolute Gasteiger partial charge is 0.354 e. The van der Waals surface area contributed by atoms with Gasteiger partial charge in [0.1, 0.15) is 11.4 Å². The topological polar surface area (TPSA) is 51.5 Å². The van der Waals surface area contributed by atoms with Crippen LogP contribution in [-0.4, -0.2) is 22.8 Å². The molecule has 0 bridgehead atoms. The second-order valence-corrected chi connectivity index (χ2v) is 3.51. The van der Waals surface area contributed by atoms with Gasteiger partial charge >= 0.3 is 5.97 Å². The van der Waals surface area contributed by atoms with Gasteiger partial charge in [-0.15, -0.1) is 0 Å². The minimum absolute atomic E-state index is 0.191. The van der Waals surface area contributed by atoms with Gasteiger partial charge < -0.3 is 14.4 Å². The summed E-state index contributed by atoms with van der Waals surface area (Å²) in [5.74, 6) is -0.172. The Morgan fingerprint density at radius 1 is 1.44 bits per heavy atom. The van der Waals surface area contributed by atoms with Crippen LogP contribution in [0.25, 0.3) is 10.9 Å². The molecule has 1 heterocycles. The van der Waals surface area contributed by atoms with Crippen molar-refractivity contribution in [3.63, 3.8) is 0 Å². The molecule has 0 aliphatic carbocycles. The Balaban J connectivity index is 2.71. The molecule has 1 aromatic heterocycles. The van der Waals surface area contributed by atoms with E-state index >= 15 is 0 Å². The fourth-order valence-electron chi connectivity index (χ4n) is 1.86. The van der Waals surface area contributed by atoms with Crippen LogP contribution in [0, 0.1) is 0 Å². The Labute approximate surface area is 93.1 Å². The first kappa shape index (κ1) is 10.5. The van der Waals surface area contributed by atoms with Crippen LogP contribution < -0.4 is 0 Å². The first-order valence-electron chi connectivity index (χ1n) is 5.08. The monoisotopic (exact) mass is 219 g/mol. The van der Waals surface area contributed by atoms with Gasteiger partial charge in [0, 0.05) is 18.0 Å². The summed E-state index contributed by atoms with van der Waals surface area (Å²) in [5.41, 5.74) is 1.34. The third-order valence-electron chi connectivity index (χ3n) is 2.60. The molecule has 2 rings (SSSR count). The van der Waals surface area contributed by atoms with Gasteiger partial charge in [0.05, 0.1) is 12.6 Å². The van der Waals surface area contributed by atoms with Crippen LogP contribution in [0.1, 0.15) is 17.4 Å². The molecule has 0 saturated heterocycles. The zero-order valence-electron chi connectivity index (χ0n) is 9.23. The molecule has 0 aliphatic rings. The van der Waals surface area contributed by atoms with Crippen LogP contribution in [0.3, 0.4) is 0 Å². The van der Waals surface area contributed by atoms with Crippen LogP contribution in [0.2, 0.25) is 0 Å². The highest BCUT2D eigenvalue weighted by atomic mass is 16.5. The Bertz CT molecular complexity index is 542. The molecule has 0 unspecified atom stereocenters. The third kappa shape index (κ3) is 1.52. The number of aryl methyl sites for hydroxylation is 1. The number of ether oxygens (including phenoxy) is 1. The first-order chi connectivity index (χ1) is 7.67. The number of aromatic hydroxyl groups is 1. The maximum Gasteiger partial charge on any atom is 0.354 e. The maximum absolute atomic E-state index is 11.5. The standard InChI is InChI=1S/C12H13NO3/c1-3-13-10-7-9(14)5-4-8(10)6-11(13)12(15)16-2/h4-7,14H,3H2,1-2H3. The van der Waals surface area contributed by atoms with Crippen molar-refractivity contribution in [1.29, 1.82) is 0 Å². The number of nitrogens with zero attached hydrogens (tertiary/aromatic N) is 1. The van der Waals surface area contributed by atoms with Crippen molar-refractivity contribution in [2.75, 3.05) is 7.11 Å². The molecular formula is C12H13NO3. The molecule has 4 nitrogen and oxygen atoms in total. The van der Waals surface area contributed by atoms with Crippen LogP contribution in [0.5, 0.6) is 5.75 Å². The number of fused-ring (bicyclic) bond motifs is 1. The number of methoxy groups -OCH3 is 1. The van der Waals surface area contributed by atoms with E-state index in [-0.39, 0.29) is 11.7 Å². The maximum atomic E-state index is 11.5. The number of carbonyl (C=O) groups is 1.